The van der Waals surface area contributed by atoms with Crippen molar-refractivity contribution in [1.82, 2.24) is 26.1 Å². The Morgan fingerprint density at radius 2 is 2.11 bits per heavy atom. The lowest BCUT2D eigenvalue weighted by atomic mass is 9.90. The molecule has 2 fully saturated rings. The quantitative estimate of drug-likeness (QED) is 0.590. The zero-order valence-electron chi connectivity index (χ0n) is 14.9. The molecule has 0 spiro atoms. The number of rotatable bonds is 5. The molecule has 0 saturated carbocycles. The van der Waals surface area contributed by atoms with Crippen molar-refractivity contribution in [2.24, 2.45) is 0 Å². The maximum absolute atomic E-state index is 12.6. The normalized spacial score (nSPS) is 26.8. The number of thioether (sulfide) groups is 1. The number of thiophene rings is 1. The number of carbonyl (C=O) groups is 1. The zero-order chi connectivity index (χ0) is 18.9. The number of amides is 1. The summed E-state index contributed by atoms with van der Waals surface area (Å²) in [7, 11) is 0. The third-order valence-corrected chi connectivity index (χ3v) is 6.93. The third kappa shape index (κ3) is 3.46. The molecule has 5 rings (SSSR count). The topological polar surface area (TPSA) is 92.1 Å². The van der Waals surface area contributed by atoms with Crippen molar-refractivity contribution in [3.63, 3.8) is 0 Å². The van der Waals surface area contributed by atoms with Crippen molar-refractivity contribution < 1.29 is 9.32 Å². The number of hydrogen-bond donors (Lipinski definition) is 3. The van der Waals surface area contributed by atoms with Crippen LogP contribution in [0.2, 0.25) is 0 Å². The van der Waals surface area contributed by atoms with Crippen molar-refractivity contribution >= 4 is 29.0 Å². The average Bonchev–Trinajstić information content (AvgIpc) is 3.46. The molecule has 4 heterocycles. The molecule has 2 aromatic heterocycles. The summed E-state index contributed by atoms with van der Waals surface area (Å²) in [6, 6.07) is 14.1. The van der Waals surface area contributed by atoms with E-state index in [1.807, 2.05) is 35.7 Å². The maximum Gasteiger partial charge on any atom is 0.240 e. The number of hydrogen-bond acceptors (Lipinski definition) is 8. The molecular formula is C19H19N5O2S2. The largest absolute Gasteiger partial charge is 0.338 e. The van der Waals surface area contributed by atoms with Gasteiger partial charge < -0.3 is 15.2 Å². The molecular weight excluding hydrogens is 394 g/mol. The molecule has 9 heteroatoms. The molecule has 144 valence electrons. The van der Waals surface area contributed by atoms with Gasteiger partial charge in [0.25, 0.3) is 0 Å². The molecule has 0 bridgehead atoms. The number of fused-ring (bicyclic) bond motifs is 1. The predicted molar refractivity (Wildman–Crippen MR) is 109 cm³/mol. The van der Waals surface area contributed by atoms with Crippen LogP contribution in [0.25, 0.3) is 10.7 Å². The molecule has 2 saturated heterocycles. The minimum absolute atomic E-state index is 0.0319. The number of carbonyl (C=O) groups excluding carboxylic acids is 1. The van der Waals surface area contributed by atoms with Crippen molar-refractivity contribution in [3.8, 4) is 10.7 Å². The third-order valence-electron chi connectivity index (χ3n) is 5.06. The Bertz CT molecular complexity index is 946. The number of nitrogens with one attached hydrogen (secondary N) is 3. The number of benzene rings is 1. The Morgan fingerprint density at radius 1 is 1.21 bits per heavy atom. The van der Waals surface area contributed by atoms with Crippen LogP contribution in [0.1, 0.15) is 17.4 Å². The van der Waals surface area contributed by atoms with E-state index in [1.54, 1.807) is 23.1 Å². The summed E-state index contributed by atoms with van der Waals surface area (Å²) in [5.41, 5.74) is 1.04. The molecule has 28 heavy (non-hydrogen) atoms. The first-order chi connectivity index (χ1) is 13.8. The summed E-state index contributed by atoms with van der Waals surface area (Å²) in [6.07, 6.45) is 0. The lowest BCUT2D eigenvalue weighted by molar-refractivity contribution is -0.125. The van der Waals surface area contributed by atoms with Crippen LogP contribution in [-0.2, 0) is 10.5 Å². The fraction of sp³-hybridized carbons (Fsp3) is 0.316. The summed E-state index contributed by atoms with van der Waals surface area (Å²) in [5, 5.41) is 16.0. The maximum atomic E-state index is 12.6. The fourth-order valence-corrected chi connectivity index (χ4v) is 5.26. The van der Waals surface area contributed by atoms with E-state index < -0.39 is 0 Å². The highest BCUT2D eigenvalue weighted by Crippen LogP contribution is 2.30. The molecule has 0 radical (unpaired) electrons. The lowest BCUT2D eigenvalue weighted by Crippen LogP contribution is -2.64. The first-order valence-electron chi connectivity index (χ1n) is 9.11. The van der Waals surface area contributed by atoms with Gasteiger partial charge in [-0.15, -0.1) is 23.1 Å². The van der Waals surface area contributed by atoms with Crippen molar-refractivity contribution in [3.05, 3.63) is 59.3 Å². The van der Waals surface area contributed by atoms with Gasteiger partial charge in [0, 0.05) is 18.5 Å². The molecule has 2 aliphatic heterocycles. The monoisotopic (exact) mass is 413 g/mol. The van der Waals surface area contributed by atoms with Crippen LogP contribution in [0.15, 0.2) is 52.4 Å². The molecule has 7 nitrogen and oxygen atoms in total. The Hall–Kier alpha value is -2.20. The first kappa shape index (κ1) is 17.9. The Kier molecular flexibility index (Phi) is 4.89. The highest BCUT2D eigenvalue weighted by molar-refractivity contribution is 7.99. The van der Waals surface area contributed by atoms with Gasteiger partial charge in [0.05, 0.1) is 10.6 Å². The minimum Gasteiger partial charge on any atom is -0.338 e. The number of nitrogens with zero attached hydrogens (tertiary/aromatic N) is 2. The Balaban J connectivity index is 1.25. The van der Waals surface area contributed by atoms with Crippen LogP contribution < -0.4 is 16.0 Å². The molecule has 4 atom stereocenters. The lowest BCUT2D eigenvalue weighted by Gasteiger charge is -2.35. The Labute approximate surface area is 170 Å². The second-order valence-corrected chi connectivity index (χ2v) is 8.83. The number of aromatic nitrogens is 2. The molecule has 1 amide bonds. The standard InChI is InChI=1S/C19H19N5O2S2/c25-18-16-15(12(9-20-16)11-5-2-1-3-6-11)22-19(23-18)28-10-14-21-17(24-26-14)13-7-4-8-27-13/h1-8,12,15-16,19-20,22H,9-10H2,(H,23,25). The zero-order valence-corrected chi connectivity index (χ0v) is 16.5. The van der Waals surface area contributed by atoms with Crippen LogP contribution in [0.4, 0.5) is 0 Å². The van der Waals surface area contributed by atoms with E-state index in [4.69, 9.17) is 4.52 Å². The highest BCUT2D eigenvalue weighted by atomic mass is 32.2. The second kappa shape index (κ2) is 7.67. The summed E-state index contributed by atoms with van der Waals surface area (Å²) < 4.78 is 5.36. The fourth-order valence-electron chi connectivity index (χ4n) is 3.73. The van der Waals surface area contributed by atoms with Gasteiger partial charge in [-0.3, -0.25) is 10.1 Å². The van der Waals surface area contributed by atoms with E-state index in [9.17, 15) is 4.79 Å². The van der Waals surface area contributed by atoms with Gasteiger partial charge in [0.15, 0.2) is 0 Å². The van der Waals surface area contributed by atoms with E-state index in [-0.39, 0.29) is 29.4 Å². The SMILES string of the molecule is O=C1NC(SCc2nc(-c3cccs3)no2)NC2C1NCC2c1ccccc1. The molecule has 3 aromatic rings. The highest BCUT2D eigenvalue weighted by Gasteiger charge is 2.45. The summed E-state index contributed by atoms with van der Waals surface area (Å²) >= 11 is 3.12. The van der Waals surface area contributed by atoms with Gasteiger partial charge in [-0.1, -0.05) is 41.6 Å². The molecule has 2 aliphatic rings. The van der Waals surface area contributed by atoms with Crippen molar-refractivity contribution in [1.29, 1.82) is 0 Å². The smallest absolute Gasteiger partial charge is 0.240 e. The van der Waals surface area contributed by atoms with Gasteiger partial charge in [0.2, 0.25) is 17.6 Å². The van der Waals surface area contributed by atoms with E-state index in [1.165, 1.54) is 5.56 Å². The first-order valence-corrected chi connectivity index (χ1v) is 11.0. The van der Waals surface area contributed by atoms with Gasteiger partial charge in [0.1, 0.15) is 11.5 Å². The summed E-state index contributed by atoms with van der Waals surface area (Å²) in [6.45, 7) is 0.783. The molecule has 1 aromatic carbocycles. The van der Waals surface area contributed by atoms with Gasteiger partial charge >= 0.3 is 0 Å². The van der Waals surface area contributed by atoms with Crippen LogP contribution >= 0.6 is 23.1 Å². The van der Waals surface area contributed by atoms with E-state index in [0.717, 1.165) is 11.4 Å². The molecule has 4 unspecified atom stereocenters. The predicted octanol–water partition coefficient (Wildman–Crippen LogP) is 2.16. The van der Waals surface area contributed by atoms with Crippen molar-refractivity contribution in [2.45, 2.75) is 29.3 Å². The summed E-state index contributed by atoms with van der Waals surface area (Å²) in [5.74, 6) is 1.97. The van der Waals surface area contributed by atoms with E-state index in [2.05, 4.69) is 38.2 Å². The van der Waals surface area contributed by atoms with Crippen LogP contribution in [0, 0.1) is 0 Å². The van der Waals surface area contributed by atoms with Crippen LogP contribution in [0.5, 0.6) is 0 Å². The van der Waals surface area contributed by atoms with Crippen molar-refractivity contribution in [2.75, 3.05) is 6.54 Å². The van der Waals surface area contributed by atoms with Crippen LogP contribution in [-0.4, -0.2) is 40.2 Å². The van der Waals surface area contributed by atoms with Gasteiger partial charge in [-0.05, 0) is 17.0 Å². The Morgan fingerprint density at radius 3 is 2.93 bits per heavy atom. The van der Waals surface area contributed by atoms with Gasteiger partial charge in [-0.25, -0.2) is 0 Å². The average molecular weight is 414 g/mol. The van der Waals surface area contributed by atoms with E-state index in [0.29, 0.717) is 17.5 Å². The van der Waals surface area contributed by atoms with E-state index >= 15 is 0 Å². The van der Waals surface area contributed by atoms with Gasteiger partial charge in [-0.2, -0.15) is 4.98 Å². The van der Waals surface area contributed by atoms with Crippen LogP contribution in [0.3, 0.4) is 0 Å². The minimum atomic E-state index is -0.212. The molecule has 3 N–H and O–H groups in total. The second-order valence-electron chi connectivity index (χ2n) is 6.78. The summed E-state index contributed by atoms with van der Waals surface area (Å²) in [4.78, 5) is 18.0. The molecule has 0 aliphatic carbocycles.